The van der Waals surface area contributed by atoms with Crippen LogP contribution < -0.4 is 10.6 Å². The summed E-state index contributed by atoms with van der Waals surface area (Å²) in [5, 5.41) is 0. The van der Waals surface area contributed by atoms with Gasteiger partial charge in [-0.3, -0.25) is 9.59 Å². The van der Waals surface area contributed by atoms with Crippen LogP contribution in [0.3, 0.4) is 0 Å². The van der Waals surface area contributed by atoms with E-state index in [4.69, 9.17) is 5.73 Å². The summed E-state index contributed by atoms with van der Waals surface area (Å²) in [5.41, 5.74) is 5.05. The Bertz CT molecular complexity index is 690. The molecule has 5 nitrogen and oxygen atoms in total. The predicted octanol–water partition coefficient (Wildman–Crippen LogP) is 1.79. The smallest absolute Gasteiger partial charge is 0.334 e. The topological polar surface area (TPSA) is 66.6 Å². The number of nitrogens with zero attached hydrogens (tertiary/aromatic N) is 2. The summed E-state index contributed by atoms with van der Waals surface area (Å²) < 4.78 is 39.3. The Morgan fingerprint density at radius 1 is 1.20 bits per heavy atom. The molecule has 1 aromatic rings. The average Bonchev–Trinajstić information content (AvgIpc) is 3.19. The van der Waals surface area contributed by atoms with Gasteiger partial charge < -0.3 is 15.5 Å². The zero-order chi connectivity index (χ0) is 18.2. The lowest BCUT2D eigenvalue weighted by molar-refractivity contribution is -0.143. The van der Waals surface area contributed by atoms with E-state index in [9.17, 15) is 22.8 Å². The molecular weight excluding hydrogens is 335 g/mol. The zero-order valence-corrected chi connectivity index (χ0v) is 13.7. The molecule has 0 spiro atoms. The molecule has 2 aliphatic rings. The van der Waals surface area contributed by atoms with Gasteiger partial charge >= 0.3 is 18.0 Å². The second kappa shape index (κ2) is 6.67. The number of alkyl halides is 3. The summed E-state index contributed by atoms with van der Waals surface area (Å²) >= 11 is 0. The normalized spacial score (nSPS) is 20.1. The first-order chi connectivity index (χ1) is 11.8. The van der Waals surface area contributed by atoms with Crippen LogP contribution in [0, 0.1) is 5.92 Å². The predicted molar refractivity (Wildman–Crippen MR) is 85.9 cm³/mol. The average molecular weight is 355 g/mol. The van der Waals surface area contributed by atoms with Crippen LogP contribution in [0.4, 0.5) is 18.9 Å². The molecule has 0 radical (unpaired) electrons. The van der Waals surface area contributed by atoms with E-state index in [2.05, 4.69) is 0 Å². The number of amides is 2. The lowest BCUT2D eigenvalue weighted by Gasteiger charge is -2.22. The van der Waals surface area contributed by atoms with Crippen molar-refractivity contribution in [1.29, 1.82) is 0 Å². The molecule has 2 aliphatic heterocycles. The van der Waals surface area contributed by atoms with Crippen molar-refractivity contribution in [2.24, 2.45) is 11.7 Å². The Hall–Kier alpha value is -2.09. The molecule has 8 heteroatoms. The molecule has 136 valence electrons. The number of benzene rings is 1. The maximum atomic E-state index is 13.1. The summed E-state index contributed by atoms with van der Waals surface area (Å²) in [6.45, 7) is 1.58. The first kappa shape index (κ1) is 17.7. The van der Waals surface area contributed by atoms with Crippen molar-refractivity contribution in [3.8, 4) is 0 Å². The molecule has 1 fully saturated rings. The molecule has 2 amide bonds. The summed E-state index contributed by atoms with van der Waals surface area (Å²) in [6, 6.07) is 3.74. The van der Waals surface area contributed by atoms with E-state index in [1.54, 1.807) is 0 Å². The monoisotopic (exact) mass is 355 g/mol. The van der Waals surface area contributed by atoms with Gasteiger partial charge in [-0.1, -0.05) is 6.07 Å². The molecule has 1 atom stereocenters. The number of hydrogen-bond donors (Lipinski definition) is 1. The summed E-state index contributed by atoms with van der Waals surface area (Å²) in [6.07, 6.45) is -2.79. The minimum absolute atomic E-state index is 0.0820. The standard InChI is InChI=1S/C17H20F3N3O2/c18-17(19,20)13-2-1-3-14-12(13)6-9-23(14)16(25)15(24)22-8-5-11(10-22)4-7-21/h1-3,11H,4-10,21H2. The molecule has 25 heavy (non-hydrogen) atoms. The van der Waals surface area contributed by atoms with Gasteiger partial charge in [-0.05, 0) is 49.4 Å². The van der Waals surface area contributed by atoms with E-state index in [-0.39, 0.29) is 30.1 Å². The van der Waals surface area contributed by atoms with Crippen LogP contribution in [0.25, 0.3) is 0 Å². The van der Waals surface area contributed by atoms with Gasteiger partial charge in [0.2, 0.25) is 0 Å². The van der Waals surface area contributed by atoms with Gasteiger partial charge in [0.1, 0.15) is 0 Å². The Morgan fingerprint density at radius 3 is 2.64 bits per heavy atom. The highest BCUT2D eigenvalue weighted by molar-refractivity contribution is 6.40. The largest absolute Gasteiger partial charge is 0.416 e. The highest BCUT2D eigenvalue weighted by Crippen LogP contribution is 2.39. The van der Waals surface area contributed by atoms with Gasteiger partial charge in [0.25, 0.3) is 0 Å². The number of carbonyl (C=O) groups excluding carboxylic acids is 2. The highest BCUT2D eigenvalue weighted by atomic mass is 19.4. The molecule has 0 aromatic heterocycles. The third-order valence-corrected chi connectivity index (χ3v) is 4.91. The number of halogens is 3. The number of hydrogen-bond acceptors (Lipinski definition) is 3. The Labute approximate surface area is 143 Å². The van der Waals surface area contributed by atoms with Crippen LogP contribution in [0.5, 0.6) is 0 Å². The number of anilines is 1. The van der Waals surface area contributed by atoms with Gasteiger partial charge in [-0.25, -0.2) is 0 Å². The quantitative estimate of drug-likeness (QED) is 0.823. The first-order valence-corrected chi connectivity index (χ1v) is 8.33. The van der Waals surface area contributed by atoms with Gasteiger partial charge in [0.15, 0.2) is 0 Å². The lowest BCUT2D eigenvalue weighted by atomic mass is 10.0. The molecule has 2 N–H and O–H groups in total. The highest BCUT2D eigenvalue weighted by Gasteiger charge is 2.40. The number of rotatable bonds is 2. The van der Waals surface area contributed by atoms with Crippen molar-refractivity contribution in [2.45, 2.75) is 25.4 Å². The summed E-state index contributed by atoms with van der Waals surface area (Å²) in [4.78, 5) is 27.7. The molecular formula is C17H20F3N3O2. The second-order valence-corrected chi connectivity index (χ2v) is 6.49. The molecule has 1 unspecified atom stereocenters. The maximum Gasteiger partial charge on any atom is 0.416 e. The van der Waals surface area contributed by atoms with Crippen LogP contribution in [0.1, 0.15) is 24.0 Å². The third kappa shape index (κ3) is 3.35. The fourth-order valence-electron chi connectivity index (χ4n) is 3.65. The van der Waals surface area contributed by atoms with Crippen LogP contribution in [-0.2, 0) is 22.2 Å². The molecule has 0 saturated carbocycles. The minimum atomic E-state index is -4.47. The Kier molecular flexibility index (Phi) is 4.73. The zero-order valence-electron chi connectivity index (χ0n) is 13.7. The molecule has 2 heterocycles. The lowest BCUT2D eigenvalue weighted by Crippen LogP contribution is -2.44. The van der Waals surface area contributed by atoms with E-state index in [1.165, 1.54) is 21.9 Å². The van der Waals surface area contributed by atoms with Gasteiger partial charge in [0, 0.05) is 25.3 Å². The van der Waals surface area contributed by atoms with Crippen LogP contribution >= 0.6 is 0 Å². The van der Waals surface area contributed by atoms with E-state index < -0.39 is 23.6 Å². The van der Waals surface area contributed by atoms with Crippen LogP contribution in [0.2, 0.25) is 0 Å². The summed E-state index contributed by atoms with van der Waals surface area (Å²) in [5.74, 6) is -1.12. The number of nitrogens with two attached hydrogens (primary N) is 1. The summed E-state index contributed by atoms with van der Waals surface area (Å²) in [7, 11) is 0. The second-order valence-electron chi connectivity index (χ2n) is 6.49. The van der Waals surface area contributed by atoms with Crippen molar-refractivity contribution in [2.75, 3.05) is 31.1 Å². The van der Waals surface area contributed by atoms with E-state index in [0.717, 1.165) is 18.9 Å². The van der Waals surface area contributed by atoms with Crippen molar-refractivity contribution in [3.05, 3.63) is 29.3 Å². The molecule has 1 saturated heterocycles. The van der Waals surface area contributed by atoms with Crippen LogP contribution in [-0.4, -0.2) is 42.9 Å². The number of carbonyl (C=O) groups is 2. The molecule has 3 rings (SSSR count). The third-order valence-electron chi connectivity index (χ3n) is 4.91. The van der Waals surface area contributed by atoms with E-state index >= 15 is 0 Å². The van der Waals surface area contributed by atoms with Crippen molar-refractivity contribution >= 4 is 17.5 Å². The Morgan fingerprint density at radius 2 is 1.96 bits per heavy atom. The fourth-order valence-corrected chi connectivity index (χ4v) is 3.65. The molecule has 1 aromatic carbocycles. The number of fused-ring (bicyclic) bond motifs is 1. The minimum Gasteiger partial charge on any atom is -0.334 e. The van der Waals surface area contributed by atoms with Gasteiger partial charge in [-0.15, -0.1) is 0 Å². The molecule has 0 aliphatic carbocycles. The van der Waals surface area contributed by atoms with Crippen molar-refractivity contribution in [1.82, 2.24) is 4.90 Å². The van der Waals surface area contributed by atoms with Gasteiger partial charge in [-0.2, -0.15) is 13.2 Å². The van der Waals surface area contributed by atoms with Gasteiger partial charge in [0.05, 0.1) is 5.56 Å². The molecule has 0 bridgehead atoms. The maximum absolute atomic E-state index is 13.1. The SMILES string of the molecule is NCCC1CCN(C(=O)C(=O)N2CCc3c2cccc3C(F)(F)F)C1. The van der Waals surface area contributed by atoms with Crippen molar-refractivity contribution in [3.63, 3.8) is 0 Å². The van der Waals surface area contributed by atoms with Crippen LogP contribution in [0.15, 0.2) is 18.2 Å². The van der Waals surface area contributed by atoms with Crippen molar-refractivity contribution < 1.29 is 22.8 Å². The van der Waals surface area contributed by atoms with E-state index in [0.29, 0.717) is 19.6 Å². The number of likely N-dealkylation sites (tertiary alicyclic amines) is 1. The Balaban J connectivity index is 1.77. The van der Waals surface area contributed by atoms with E-state index in [1.807, 2.05) is 0 Å². The fraction of sp³-hybridized carbons (Fsp3) is 0.529. The first-order valence-electron chi connectivity index (χ1n) is 8.33.